The summed E-state index contributed by atoms with van der Waals surface area (Å²) >= 11 is 7.96. The van der Waals surface area contributed by atoms with E-state index in [1.807, 2.05) is 62.4 Å². The fourth-order valence-electron chi connectivity index (χ4n) is 3.55. The van der Waals surface area contributed by atoms with Crippen molar-refractivity contribution in [2.75, 3.05) is 12.4 Å². The summed E-state index contributed by atoms with van der Waals surface area (Å²) in [5, 5.41) is 0.346. The van der Waals surface area contributed by atoms with E-state index in [1.54, 1.807) is 11.5 Å². The number of ketones is 1. The molecular weight excluding hydrogens is 502 g/mol. The molecule has 0 amide bonds. The minimum Gasteiger partial charge on any atom is -0.466 e. The standard InChI is InChI=1S/C25H23N3O4S3/c1-4-32-20(30)13-18(29)14-34-24-26-22-21(23(31)27(24)17-11-9-15(2)10-12-17)35-25(33)28(22)19-8-6-5-7-16(19)3/h5-12H,4,13-14H2,1-3H3. The number of rotatable bonds is 8. The molecule has 2 heterocycles. The van der Waals surface area contributed by atoms with Crippen molar-refractivity contribution < 1.29 is 14.3 Å². The first-order chi connectivity index (χ1) is 16.8. The van der Waals surface area contributed by atoms with Gasteiger partial charge in [-0.25, -0.2) is 4.98 Å². The molecule has 0 fully saturated rings. The Balaban J connectivity index is 1.86. The molecule has 0 saturated heterocycles. The van der Waals surface area contributed by atoms with Gasteiger partial charge >= 0.3 is 5.97 Å². The number of ether oxygens (including phenoxy) is 1. The number of hydrogen-bond donors (Lipinski definition) is 0. The molecule has 0 aliphatic carbocycles. The maximum absolute atomic E-state index is 13.7. The third-order valence-corrected chi connectivity index (χ3v) is 7.58. The highest BCUT2D eigenvalue weighted by Crippen LogP contribution is 2.28. The number of carbonyl (C=O) groups is 2. The van der Waals surface area contributed by atoms with Gasteiger partial charge in [0.05, 0.1) is 23.7 Å². The Morgan fingerprint density at radius 2 is 1.80 bits per heavy atom. The van der Waals surface area contributed by atoms with Crippen LogP contribution in [0.25, 0.3) is 21.7 Å². The first-order valence-corrected chi connectivity index (χ1v) is 13.1. The van der Waals surface area contributed by atoms with Crippen LogP contribution >= 0.6 is 35.3 Å². The van der Waals surface area contributed by atoms with Gasteiger partial charge in [-0.1, -0.05) is 59.0 Å². The summed E-state index contributed by atoms with van der Waals surface area (Å²) in [5.41, 5.74) is 3.71. The molecule has 0 radical (unpaired) electrons. The van der Waals surface area contributed by atoms with Gasteiger partial charge in [-0.15, -0.1) is 0 Å². The topological polar surface area (TPSA) is 83.2 Å². The van der Waals surface area contributed by atoms with Crippen LogP contribution in [0.4, 0.5) is 0 Å². The van der Waals surface area contributed by atoms with E-state index < -0.39 is 5.97 Å². The smallest absolute Gasteiger partial charge is 0.313 e. The lowest BCUT2D eigenvalue weighted by Gasteiger charge is -2.13. The van der Waals surface area contributed by atoms with Crippen LogP contribution in [-0.2, 0) is 14.3 Å². The Bertz CT molecular complexity index is 1530. The fraction of sp³-hybridized carbons (Fsp3) is 0.240. The number of carbonyl (C=O) groups excluding carboxylic acids is 2. The summed E-state index contributed by atoms with van der Waals surface area (Å²) < 4.78 is 9.11. The zero-order valence-corrected chi connectivity index (χ0v) is 21.9. The molecule has 180 valence electrons. The number of hydrogen-bond acceptors (Lipinski definition) is 8. The van der Waals surface area contributed by atoms with Crippen molar-refractivity contribution >= 4 is 57.4 Å². The van der Waals surface area contributed by atoms with Gasteiger partial charge in [-0.2, -0.15) is 0 Å². The number of fused-ring (bicyclic) bond motifs is 1. The van der Waals surface area contributed by atoms with Crippen LogP contribution in [0.15, 0.2) is 58.5 Å². The van der Waals surface area contributed by atoms with Crippen molar-refractivity contribution in [2.45, 2.75) is 32.3 Å². The second-order valence-corrected chi connectivity index (χ2v) is 10.4. The molecule has 2 aromatic carbocycles. The van der Waals surface area contributed by atoms with Gasteiger partial charge in [0.15, 0.2) is 20.5 Å². The zero-order chi connectivity index (χ0) is 25.1. The van der Waals surface area contributed by atoms with Crippen molar-refractivity contribution in [3.63, 3.8) is 0 Å². The van der Waals surface area contributed by atoms with Gasteiger partial charge in [0.25, 0.3) is 5.56 Å². The van der Waals surface area contributed by atoms with Gasteiger partial charge in [0.1, 0.15) is 11.1 Å². The molecule has 0 spiro atoms. The van der Waals surface area contributed by atoms with E-state index in [0.29, 0.717) is 25.1 Å². The van der Waals surface area contributed by atoms with Gasteiger partial charge in [-0.3, -0.25) is 23.5 Å². The molecule has 0 aliphatic rings. The molecule has 4 aromatic rings. The quantitative estimate of drug-likeness (QED) is 0.103. The Morgan fingerprint density at radius 1 is 1.09 bits per heavy atom. The van der Waals surface area contributed by atoms with E-state index in [4.69, 9.17) is 21.9 Å². The number of thiazole rings is 1. The van der Waals surface area contributed by atoms with Crippen LogP contribution in [0.2, 0.25) is 0 Å². The third-order valence-electron chi connectivity index (χ3n) is 5.23. The van der Waals surface area contributed by atoms with Gasteiger partial charge in [0, 0.05) is 0 Å². The Morgan fingerprint density at radius 3 is 2.49 bits per heavy atom. The van der Waals surface area contributed by atoms with E-state index in [2.05, 4.69) is 0 Å². The number of benzene rings is 2. The van der Waals surface area contributed by atoms with Gasteiger partial charge < -0.3 is 4.74 Å². The van der Waals surface area contributed by atoms with Crippen molar-refractivity contribution in [1.29, 1.82) is 0 Å². The summed E-state index contributed by atoms with van der Waals surface area (Å²) in [6, 6.07) is 15.2. The second kappa shape index (κ2) is 10.7. The van der Waals surface area contributed by atoms with Crippen molar-refractivity contribution in [2.24, 2.45) is 0 Å². The summed E-state index contributed by atoms with van der Waals surface area (Å²) in [5.74, 6) is -0.902. The largest absolute Gasteiger partial charge is 0.466 e. The SMILES string of the molecule is CCOC(=O)CC(=O)CSc1nc2c(sc(=S)n2-c2ccccc2C)c(=O)n1-c1ccc(C)cc1. The number of aryl methyl sites for hydroxylation is 2. The summed E-state index contributed by atoms with van der Waals surface area (Å²) in [7, 11) is 0. The third kappa shape index (κ3) is 5.29. The Labute approximate surface area is 215 Å². The van der Waals surface area contributed by atoms with Crippen LogP contribution in [0, 0.1) is 17.8 Å². The normalized spacial score (nSPS) is 11.1. The van der Waals surface area contributed by atoms with E-state index in [0.717, 1.165) is 28.6 Å². The van der Waals surface area contributed by atoms with E-state index in [1.165, 1.54) is 15.9 Å². The molecule has 10 heteroatoms. The average Bonchev–Trinajstić information content (AvgIpc) is 3.15. The van der Waals surface area contributed by atoms with Crippen LogP contribution in [0.3, 0.4) is 0 Å². The molecule has 0 bridgehead atoms. The number of aromatic nitrogens is 3. The highest BCUT2D eigenvalue weighted by atomic mass is 32.2. The molecular formula is C25H23N3O4S3. The molecule has 35 heavy (non-hydrogen) atoms. The van der Waals surface area contributed by atoms with Crippen molar-refractivity contribution in [1.82, 2.24) is 14.1 Å². The first-order valence-electron chi connectivity index (χ1n) is 10.9. The minimum absolute atomic E-state index is 0.0299. The van der Waals surface area contributed by atoms with Crippen molar-refractivity contribution in [3.05, 3.63) is 74.0 Å². The summed E-state index contributed by atoms with van der Waals surface area (Å²) in [6.45, 7) is 5.84. The lowest BCUT2D eigenvalue weighted by atomic mass is 10.2. The lowest BCUT2D eigenvalue weighted by molar-refractivity contribution is -0.145. The summed E-state index contributed by atoms with van der Waals surface area (Å²) in [6.07, 6.45) is -0.324. The van der Waals surface area contributed by atoms with Gasteiger partial charge in [-0.05, 0) is 56.8 Å². The van der Waals surface area contributed by atoms with Crippen molar-refractivity contribution in [3.8, 4) is 11.4 Å². The summed E-state index contributed by atoms with van der Waals surface area (Å²) in [4.78, 5) is 42.7. The molecule has 4 rings (SSSR count). The van der Waals surface area contributed by atoms with E-state index in [-0.39, 0.29) is 30.1 Å². The Hall–Kier alpha value is -3.08. The van der Waals surface area contributed by atoms with E-state index >= 15 is 0 Å². The number of nitrogens with zero attached hydrogens (tertiary/aromatic N) is 3. The van der Waals surface area contributed by atoms with Crippen LogP contribution < -0.4 is 5.56 Å². The van der Waals surface area contributed by atoms with Gasteiger partial charge in [0.2, 0.25) is 0 Å². The average molecular weight is 526 g/mol. The van der Waals surface area contributed by atoms with Crippen LogP contribution in [0.1, 0.15) is 24.5 Å². The molecule has 2 aromatic heterocycles. The number of esters is 1. The second-order valence-electron chi connectivity index (χ2n) is 7.82. The highest BCUT2D eigenvalue weighted by molar-refractivity contribution is 7.99. The highest BCUT2D eigenvalue weighted by Gasteiger charge is 2.21. The molecule has 0 atom stereocenters. The zero-order valence-electron chi connectivity index (χ0n) is 19.4. The number of thioether (sulfide) groups is 1. The lowest BCUT2D eigenvalue weighted by Crippen LogP contribution is -2.22. The maximum atomic E-state index is 13.7. The molecule has 0 unspecified atom stereocenters. The maximum Gasteiger partial charge on any atom is 0.313 e. The van der Waals surface area contributed by atoms with Crippen LogP contribution in [0.5, 0.6) is 0 Å². The number of Topliss-reactive ketones (excluding diaryl/α,β-unsaturated/α-hetero) is 1. The molecule has 0 aliphatic heterocycles. The predicted molar refractivity (Wildman–Crippen MR) is 142 cm³/mol. The molecule has 0 N–H and O–H groups in total. The predicted octanol–water partition coefficient (Wildman–Crippen LogP) is 5.20. The molecule has 0 saturated carbocycles. The monoisotopic (exact) mass is 525 g/mol. The molecule has 7 nitrogen and oxygen atoms in total. The fourth-order valence-corrected chi connectivity index (χ4v) is 5.70. The van der Waals surface area contributed by atoms with E-state index in [9.17, 15) is 14.4 Å². The first kappa shape index (κ1) is 25.0. The number of para-hydroxylation sites is 1. The Kier molecular flexibility index (Phi) is 7.63. The minimum atomic E-state index is -0.566. The van der Waals surface area contributed by atoms with Crippen LogP contribution in [-0.4, -0.2) is 38.2 Å².